The van der Waals surface area contributed by atoms with Crippen LogP contribution in [0.25, 0.3) is 16.6 Å². The molecule has 10 nitrogen and oxygen atoms in total. The van der Waals surface area contributed by atoms with Gasteiger partial charge in [-0.05, 0) is 35.9 Å². The van der Waals surface area contributed by atoms with Crippen LogP contribution in [0.15, 0.2) is 58.5 Å². The van der Waals surface area contributed by atoms with E-state index in [4.69, 9.17) is 11.6 Å². The Morgan fingerprint density at radius 2 is 1.76 bits per heavy atom. The van der Waals surface area contributed by atoms with E-state index in [9.17, 15) is 22.8 Å². The summed E-state index contributed by atoms with van der Waals surface area (Å²) in [5, 5.41) is 10.9. The molecule has 0 unspecified atom stereocenters. The Balaban J connectivity index is 1.69. The smallest absolute Gasteiger partial charge is 0.359 e. The van der Waals surface area contributed by atoms with Gasteiger partial charge in [0.2, 0.25) is 5.95 Å². The number of rotatable bonds is 6. The average Bonchev–Trinajstić information content (AvgIpc) is 3.23. The lowest BCUT2D eigenvalue weighted by Gasteiger charge is -2.17. The molecule has 5 rings (SSSR count). The summed E-state index contributed by atoms with van der Waals surface area (Å²) in [6.07, 6.45) is 4.51. The van der Waals surface area contributed by atoms with Crippen molar-refractivity contribution in [3.63, 3.8) is 0 Å². The summed E-state index contributed by atoms with van der Waals surface area (Å²) in [5.74, 6) is -4.77. The minimum atomic E-state index is -1.64. The number of fused-ring (bicyclic) bond motifs is 1. The molecule has 3 heterocycles. The standard InChI is InChI=1S/C24H18ClF3N8O2/c1-29-14-6-15(9-30-8-14)36-23(37)32-22(31-20-5-13-11-34(2)33-19(13)7-16(20)25)35(24(36)38)10-12-3-17(26)21(28)18(27)4-12/h3-9,11,29H,10H2,1-2H3,(H,31,32,37). The third kappa shape index (κ3) is 4.59. The number of benzene rings is 2. The van der Waals surface area contributed by atoms with Gasteiger partial charge in [0.15, 0.2) is 17.5 Å². The number of aryl methyl sites for hydroxylation is 1. The molecule has 5 aromatic rings. The van der Waals surface area contributed by atoms with Gasteiger partial charge in [0.25, 0.3) is 0 Å². The number of hydrogen-bond donors (Lipinski definition) is 2. The molecule has 38 heavy (non-hydrogen) atoms. The van der Waals surface area contributed by atoms with Crippen molar-refractivity contribution >= 4 is 39.8 Å². The number of nitrogens with zero attached hydrogens (tertiary/aromatic N) is 6. The Morgan fingerprint density at radius 1 is 1.03 bits per heavy atom. The Bertz CT molecular complexity index is 1810. The predicted molar refractivity (Wildman–Crippen MR) is 136 cm³/mol. The van der Waals surface area contributed by atoms with E-state index in [-0.39, 0.29) is 22.2 Å². The zero-order chi connectivity index (χ0) is 27.1. The van der Waals surface area contributed by atoms with Crippen LogP contribution in [0.1, 0.15) is 5.56 Å². The number of halogens is 4. The summed E-state index contributed by atoms with van der Waals surface area (Å²) in [4.78, 5) is 34.7. The molecule has 0 amide bonds. The Labute approximate surface area is 217 Å². The molecule has 0 spiro atoms. The number of nitrogens with one attached hydrogen (secondary N) is 2. The summed E-state index contributed by atoms with van der Waals surface area (Å²) in [6, 6.07) is 6.23. The van der Waals surface area contributed by atoms with E-state index in [1.165, 1.54) is 18.5 Å². The first-order valence-electron chi connectivity index (χ1n) is 11.0. The molecule has 0 saturated heterocycles. The maximum absolute atomic E-state index is 14.0. The van der Waals surface area contributed by atoms with Gasteiger partial charge in [-0.25, -0.2) is 27.3 Å². The molecule has 0 aliphatic heterocycles. The Morgan fingerprint density at radius 3 is 2.47 bits per heavy atom. The van der Waals surface area contributed by atoms with E-state index in [1.54, 1.807) is 37.1 Å². The summed E-state index contributed by atoms with van der Waals surface area (Å²) >= 11 is 6.41. The van der Waals surface area contributed by atoms with Crippen LogP contribution in [-0.2, 0) is 13.6 Å². The van der Waals surface area contributed by atoms with E-state index in [0.29, 0.717) is 22.3 Å². The van der Waals surface area contributed by atoms with Crippen molar-refractivity contribution in [1.82, 2.24) is 28.9 Å². The van der Waals surface area contributed by atoms with Gasteiger partial charge in [-0.3, -0.25) is 14.2 Å². The van der Waals surface area contributed by atoms with Crippen molar-refractivity contribution in [2.75, 3.05) is 17.7 Å². The number of aromatic nitrogens is 6. The lowest BCUT2D eigenvalue weighted by molar-refractivity contribution is 0.444. The highest BCUT2D eigenvalue weighted by molar-refractivity contribution is 6.34. The molecule has 0 aliphatic rings. The first kappa shape index (κ1) is 25.0. The van der Waals surface area contributed by atoms with Crippen LogP contribution in [0.4, 0.5) is 30.5 Å². The van der Waals surface area contributed by atoms with Crippen molar-refractivity contribution in [2.24, 2.45) is 7.05 Å². The van der Waals surface area contributed by atoms with Crippen LogP contribution < -0.4 is 22.0 Å². The molecule has 0 fully saturated rings. The van der Waals surface area contributed by atoms with Crippen molar-refractivity contribution < 1.29 is 13.2 Å². The molecule has 2 aromatic carbocycles. The summed E-state index contributed by atoms with van der Waals surface area (Å²) < 4.78 is 44.8. The molecular formula is C24H18ClF3N8O2. The lowest BCUT2D eigenvalue weighted by atomic mass is 10.2. The fourth-order valence-corrected chi connectivity index (χ4v) is 4.11. The zero-order valence-electron chi connectivity index (χ0n) is 19.8. The van der Waals surface area contributed by atoms with E-state index >= 15 is 0 Å². The van der Waals surface area contributed by atoms with Crippen LogP contribution in [0, 0.1) is 17.5 Å². The monoisotopic (exact) mass is 542 g/mol. The predicted octanol–water partition coefficient (Wildman–Crippen LogP) is 3.58. The molecular weight excluding hydrogens is 525 g/mol. The van der Waals surface area contributed by atoms with Gasteiger partial charge in [0.1, 0.15) is 0 Å². The largest absolute Gasteiger partial charge is 0.387 e. The summed E-state index contributed by atoms with van der Waals surface area (Å²) in [5.41, 5.74) is -0.412. The first-order chi connectivity index (χ1) is 18.1. The average molecular weight is 543 g/mol. The lowest BCUT2D eigenvalue weighted by Crippen LogP contribution is -2.41. The molecule has 0 atom stereocenters. The van der Waals surface area contributed by atoms with Crippen LogP contribution in [0.5, 0.6) is 0 Å². The second-order valence-electron chi connectivity index (χ2n) is 8.30. The number of pyridine rings is 1. The van der Waals surface area contributed by atoms with Gasteiger partial charge in [-0.2, -0.15) is 10.1 Å². The van der Waals surface area contributed by atoms with Gasteiger partial charge in [-0.1, -0.05) is 11.6 Å². The molecule has 3 aromatic heterocycles. The van der Waals surface area contributed by atoms with Crippen LogP contribution in [-0.4, -0.2) is 35.9 Å². The normalized spacial score (nSPS) is 11.2. The summed E-state index contributed by atoms with van der Waals surface area (Å²) in [7, 11) is 3.37. The second kappa shape index (κ2) is 9.67. The third-order valence-corrected chi connectivity index (χ3v) is 5.99. The number of hydrogen-bond acceptors (Lipinski definition) is 7. The number of anilines is 3. The SMILES string of the molecule is CNc1cncc(-n2c(=O)nc(Nc3cc4cn(C)nc4cc3Cl)n(Cc3cc(F)c(F)c(F)c3)c2=O)c1. The van der Waals surface area contributed by atoms with Gasteiger partial charge < -0.3 is 10.6 Å². The van der Waals surface area contributed by atoms with E-state index in [1.807, 2.05) is 0 Å². The van der Waals surface area contributed by atoms with Gasteiger partial charge in [0, 0.05) is 25.7 Å². The highest BCUT2D eigenvalue weighted by atomic mass is 35.5. The highest BCUT2D eigenvalue weighted by Gasteiger charge is 2.19. The molecule has 2 N–H and O–H groups in total. The fraction of sp³-hybridized carbons (Fsp3) is 0.125. The van der Waals surface area contributed by atoms with Crippen LogP contribution in [0.2, 0.25) is 5.02 Å². The minimum Gasteiger partial charge on any atom is -0.387 e. The second-order valence-corrected chi connectivity index (χ2v) is 8.70. The summed E-state index contributed by atoms with van der Waals surface area (Å²) in [6.45, 7) is -0.464. The molecule has 0 radical (unpaired) electrons. The minimum absolute atomic E-state index is 0.0885. The highest BCUT2D eigenvalue weighted by Crippen LogP contribution is 2.29. The van der Waals surface area contributed by atoms with E-state index in [0.717, 1.165) is 21.3 Å². The van der Waals surface area contributed by atoms with Crippen molar-refractivity contribution in [2.45, 2.75) is 6.54 Å². The quantitative estimate of drug-likeness (QED) is 0.315. The van der Waals surface area contributed by atoms with Gasteiger partial charge >= 0.3 is 11.4 Å². The van der Waals surface area contributed by atoms with Gasteiger partial charge in [-0.15, -0.1) is 0 Å². The topological polar surface area (TPSA) is 112 Å². The maximum atomic E-state index is 14.0. The molecule has 14 heteroatoms. The van der Waals surface area contributed by atoms with Crippen molar-refractivity contribution in [1.29, 1.82) is 0 Å². The van der Waals surface area contributed by atoms with Crippen LogP contribution >= 0.6 is 11.6 Å². The first-order valence-corrected chi connectivity index (χ1v) is 11.4. The maximum Gasteiger partial charge on any atom is 0.359 e. The molecule has 194 valence electrons. The van der Waals surface area contributed by atoms with Crippen LogP contribution in [0.3, 0.4) is 0 Å². The van der Waals surface area contributed by atoms with Gasteiger partial charge in [0.05, 0.1) is 46.5 Å². The Kier molecular flexibility index (Phi) is 6.36. The van der Waals surface area contributed by atoms with Crippen molar-refractivity contribution in [3.8, 4) is 5.69 Å². The fourth-order valence-electron chi connectivity index (χ4n) is 3.91. The molecule has 0 saturated carbocycles. The Hall–Kier alpha value is -4.65. The third-order valence-electron chi connectivity index (χ3n) is 5.68. The zero-order valence-corrected chi connectivity index (χ0v) is 20.6. The van der Waals surface area contributed by atoms with E-state index in [2.05, 4.69) is 25.7 Å². The molecule has 0 bridgehead atoms. The van der Waals surface area contributed by atoms with Crippen molar-refractivity contribution in [3.05, 3.63) is 97.9 Å². The van der Waals surface area contributed by atoms with E-state index < -0.39 is 35.4 Å². The molecule has 0 aliphatic carbocycles.